The monoisotopic (exact) mass is 241 g/mol. The lowest BCUT2D eigenvalue weighted by Crippen LogP contribution is -2.43. The molecule has 0 aromatic rings. The van der Waals surface area contributed by atoms with Crippen LogP contribution in [0.4, 0.5) is 0 Å². The fourth-order valence-corrected chi connectivity index (χ4v) is 2.69. The van der Waals surface area contributed by atoms with E-state index in [0.717, 1.165) is 12.5 Å². The van der Waals surface area contributed by atoms with Crippen LogP contribution in [-0.4, -0.2) is 35.7 Å². The Balaban J connectivity index is 2.36. The van der Waals surface area contributed by atoms with Gasteiger partial charge < -0.3 is 10.0 Å². The fourth-order valence-electron chi connectivity index (χ4n) is 2.69. The Hall–Kier alpha value is -0.0800. The summed E-state index contributed by atoms with van der Waals surface area (Å²) in [7, 11) is 2.17. The molecule has 0 spiro atoms. The summed E-state index contributed by atoms with van der Waals surface area (Å²) in [6.45, 7) is 9.45. The smallest absolute Gasteiger partial charge is 0.0715 e. The van der Waals surface area contributed by atoms with Gasteiger partial charge in [-0.15, -0.1) is 0 Å². The van der Waals surface area contributed by atoms with Crippen LogP contribution >= 0.6 is 0 Å². The van der Waals surface area contributed by atoms with Crippen LogP contribution in [0.15, 0.2) is 0 Å². The van der Waals surface area contributed by atoms with Gasteiger partial charge in [0.05, 0.1) is 6.10 Å². The van der Waals surface area contributed by atoms with Crippen LogP contribution in [0.5, 0.6) is 0 Å². The first kappa shape index (κ1) is 15.0. The molecule has 0 aromatic heterocycles. The van der Waals surface area contributed by atoms with Crippen molar-refractivity contribution in [2.75, 3.05) is 13.6 Å². The van der Waals surface area contributed by atoms with Gasteiger partial charge in [0.2, 0.25) is 0 Å². The fraction of sp³-hybridized carbons (Fsp3) is 1.00. The summed E-state index contributed by atoms with van der Waals surface area (Å²) >= 11 is 0. The molecule has 1 unspecified atom stereocenters. The molecule has 0 amide bonds. The predicted octanol–water partition coefficient (Wildman–Crippen LogP) is 3.29. The van der Waals surface area contributed by atoms with Crippen LogP contribution in [-0.2, 0) is 0 Å². The first-order chi connectivity index (χ1) is 7.84. The van der Waals surface area contributed by atoms with Gasteiger partial charge in [0.15, 0.2) is 0 Å². The Morgan fingerprint density at radius 3 is 2.12 bits per heavy atom. The van der Waals surface area contributed by atoms with E-state index in [2.05, 4.69) is 39.6 Å². The lowest BCUT2D eigenvalue weighted by atomic mass is 9.83. The van der Waals surface area contributed by atoms with Crippen molar-refractivity contribution in [1.82, 2.24) is 4.90 Å². The molecule has 1 atom stereocenters. The van der Waals surface area contributed by atoms with Crippen LogP contribution in [0.1, 0.15) is 59.8 Å². The number of rotatable bonds is 4. The first-order valence-corrected chi connectivity index (χ1v) is 7.23. The third-order valence-electron chi connectivity index (χ3n) is 4.48. The molecule has 2 heteroatoms. The molecule has 1 rings (SSSR count). The molecule has 102 valence electrons. The molecule has 1 fully saturated rings. The largest absolute Gasteiger partial charge is 0.391 e. The van der Waals surface area contributed by atoms with E-state index in [1.54, 1.807) is 0 Å². The maximum Gasteiger partial charge on any atom is 0.0715 e. The molecule has 0 bridgehead atoms. The van der Waals surface area contributed by atoms with E-state index in [4.69, 9.17) is 0 Å². The van der Waals surface area contributed by atoms with E-state index in [1.807, 2.05) is 0 Å². The van der Waals surface area contributed by atoms with E-state index in [1.165, 1.54) is 32.1 Å². The molecule has 1 saturated carbocycles. The minimum atomic E-state index is -0.226. The average molecular weight is 241 g/mol. The summed E-state index contributed by atoms with van der Waals surface area (Å²) in [6.07, 6.45) is 6.48. The number of hydrogen-bond acceptors (Lipinski definition) is 2. The molecule has 0 heterocycles. The highest BCUT2D eigenvalue weighted by atomic mass is 16.3. The zero-order valence-corrected chi connectivity index (χ0v) is 12.4. The second kappa shape index (κ2) is 6.19. The quantitative estimate of drug-likeness (QED) is 0.816. The zero-order valence-electron chi connectivity index (χ0n) is 12.4. The number of hydrogen-bond donors (Lipinski definition) is 1. The standard InChI is InChI=1S/C15H31NO/c1-6-12-7-9-13(10-8-12)16(5)11-14(17)15(2,3)4/h12-14,17H,6-11H2,1-5H3. The summed E-state index contributed by atoms with van der Waals surface area (Å²) in [5.41, 5.74) is -0.00508. The number of aliphatic hydroxyl groups is 1. The van der Waals surface area contributed by atoms with Gasteiger partial charge in [-0.2, -0.15) is 0 Å². The molecule has 0 saturated heterocycles. The summed E-state index contributed by atoms with van der Waals surface area (Å²) < 4.78 is 0. The first-order valence-electron chi connectivity index (χ1n) is 7.23. The molecule has 1 aliphatic carbocycles. The topological polar surface area (TPSA) is 23.5 Å². The lowest BCUT2D eigenvalue weighted by Gasteiger charge is -2.37. The van der Waals surface area contributed by atoms with Crippen molar-refractivity contribution in [3.63, 3.8) is 0 Å². The molecule has 0 radical (unpaired) electrons. The van der Waals surface area contributed by atoms with Crippen molar-refractivity contribution in [2.45, 2.75) is 71.9 Å². The van der Waals surface area contributed by atoms with Gasteiger partial charge in [0.1, 0.15) is 0 Å². The zero-order chi connectivity index (χ0) is 13.1. The van der Waals surface area contributed by atoms with Crippen molar-refractivity contribution in [1.29, 1.82) is 0 Å². The Bertz CT molecular complexity index is 213. The Labute approximate surface area is 107 Å². The molecule has 0 aliphatic heterocycles. The predicted molar refractivity (Wildman–Crippen MR) is 74.1 cm³/mol. The van der Waals surface area contributed by atoms with Gasteiger partial charge in [-0.3, -0.25) is 0 Å². The van der Waals surface area contributed by atoms with Gasteiger partial charge in [-0.1, -0.05) is 34.1 Å². The van der Waals surface area contributed by atoms with Crippen molar-refractivity contribution in [3.8, 4) is 0 Å². The highest BCUT2D eigenvalue weighted by molar-refractivity contribution is 4.82. The number of aliphatic hydroxyl groups excluding tert-OH is 1. The van der Waals surface area contributed by atoms with E-state index in [-0.39, 0.29) is 11.5 Å². The highest BCUT2D eigenvalue weighted by Gasteiger charge is 2.28. The SMILES string of the molecule is CCC1CCC(N(C)CC(O)C(C)(C)C)CC1. The second-order valence-corrected chi connectivity index (χ2v) is 6.90. The normalized spacial score (nSPS) is 28.4. The van der Waals surface area contributed by atoms with Gasteiger partial charge in [-0.05, 0) is 44.1 Å². The molecule has 1 aliphatic rings. The second-order valence-electron chi connectivity index (χ2n) is 6.90. The van der Waals surface area contributed by atoms with Crippen molar-refractivity contribution >= 4 is 0 Å². The van der Waals surface area contributed by atoms with Crippen molar-refractivity contribution < 1.29 is 5.11 Å². The van der Waals surface area contributed by atoms with E-state index < -0.39 is 0 Å². The van der Waals surface area contributed by atoms with Crippen molar-refractivity contribution in [3.05, 3.63) is 0 Å². The summed E-state index contributed by atoms with van der Waals surface area (Å²) in [4.78, 5) is 2.38. The number of nitrogens with zero attached hydrogens (tertiary/aromatic N) is 1. The highest BCUT2D eigenvalue weighted by Crippen LogP contribution is 2.29. The van der Waals surface area contributed by atoms with E-state index in [9.17, 15) is 5.11 Å². The minimum absolute atomic E-state index is 0.00508. The molecule has 17 heavy (non-hydrogen) atoms. The Morgan fingerprint density at radius 1 is 1.18 bits per heavy atom. The van der Waals surface area contributed by atoms with Crippen LogP contribution < -0.4 is 0 Å². The maximum atomic E-state index is 10.1. The third-order valence-corrected chi connectivity index (χ3v) is 4.48. The van der Waals surface area contributed by atoms with Gasteiger partial charge in [0, 0.05) is 12.6 Å². The van der Waals surface area contributed by atoms with Crippen LogP contribution in [0.25, 0.3) is 0 Å². The summed E-state index contributed by atoms with van der Waals surface area (Å²) in [5, 5.41) is 10.1. The van der Waals surface area contributed by atoms with Gasteiger partial charge in [-0.25, -0.2) is 0 Å². The average Bonchev–Trinajstić information content (AvgIpc) is 2.27. The van der Waals surface area contributed by atoms with Crippen LogP contribution in [0.2, 0.25) is 0 Å². The van der Waals surface area contributed by atoms with Crippen LogP contribution in [0.3, 0.4) is 0 Å². The summed E-state index contributed by atoms with van der Waals surface area (Å²) in [6, 6.07) is 0.690. The molecule has 0 aromatic carbocycles. The van der Waals surface area contributed by atoms with E-state index >= 15 is 0 Å². The number of likely N-dealkylation sites (N-methyl/N-ethyl adjacent to an activating group) is 1. The minimum Gasteiger partial charge on any atom is -0.391 e. The third kappa shape index (κ3) is 4.59. The van der Waals surface area contributed by atoms with Crippen molar-refractivity contribution in [2.24, 2.45) is 11.3 Å². The molecule has 2 nitrogen and oxygen atoms in total. The molecular weight excluding hydrogens is 210 g/mol. The van der Waals surface area contributed by atoms with Gasteiger partial charge >= 0.3 is 0 Å². The lowest BCUT2D eigenvalue weighted by molar-refractivity contribution is 0.0172. The Morgan fingerprint density at radius 2 is 1.71 bits per heavy atom. The van der Waals surface area contributed by atoms with Gasteiger partial charge in [0.25, 0.3) is 0 Å². The Kier molecular flexibility index (Phi) is 5.46. The molecular formula is C15H31NO. The maximum absolute atomic E-state index is 10.1. The van der Waals surface area contributed by atoms with E-state index in [0.29, 0.717) is 6.04 Å². The van der Waals surface area contributed by atoms with Crippen LogP contribution in [0, 0.1) is 11.3 Å². The molecule has 1 N–H and O–H groups in total. The summed E-state index contributed by atoms with van der Waals surface area (Å²) in [5.74, 6) is 0.951.